The molecule has 11 heteroatoms. The molecule has 0 amide bonds. The third-order valence-corrected chi connectivity index (χ3v) is 13.9. The van der Waals surface area contributed by atoms with Crippen LogP contribution in [0.4, 0.5) is 0 Å². The van der Waals surface area contributed by atoms with Crippen molar-refractivity contribution in [2.45, 2.75) is 148 Å². The minimum Gasteiger partial charge on any atom is -0.395 e. The van der Waals surface area contributed by atoms with Gasteiger partial charge >= 0.3 is 0 Å². The number of aliphatic hydroxyl groups is 9. The van der Waals surface area contributed by atoms with Gasteiger partial charge in [-0.1, -0.05) is 46.3 Å². The Labute approximate surface area is 273 Å². The predicted octanol–water partition coefficient (Wildman–Crippen LogP) is 0.849. The second-order valence-electron chi connectivity index (χ2n) is 17.3. The summed E-state index contributed by atoms with van der Waals surface area (Å²) in [6.07, 6.45) is -4.45. The maximum Gasteiger partial charge on any atom is 0.186 e. The van der Waals surface area contributed by atoms with Gasteiger partial charge in [-0.2, -0.15) is 0 Å². The first-order valence-electron chi connectivity index (χ1n) is 17.2. The Morgan fingerprint density at radius 2 is 1.63 bits per heavy atom. The zero-order chi connectivity index (χ0) is 34.4. The molecule has 5 rings (SSSR count). The van der Waals surface area contributed by atoms with Crippen LogP contribution < -0.4 is 0 Å². The molecule has 0 spiro atoms. The molecule has 4 fully saturated rings. The number of rotatable bonds is 8. The fourth-order valence-corrected chi connectivity index (χ4v) is 11.2. The average molecular weight is 657 g/mol. The highest BCUT2D eigenvalue weighted by Crippen LogP contribution is 2.73. The van der Waals surface area contributed by atoms with Gasteiger partial charge in [-0.3, -0.25) is 0 Å². The van der Waals surface area contributed by atoms with Crippen LogP contribution in [0.15, 0.2) is 11.6 Å². The lowest BCUT2D eigenvalue weighted by atomic mass is 9.40. The van der Waals surface area contributed by atoms with Crippen LogP contribution in [0.2, 0.25) is 0 Å². The molecule has 0 aromatic heterocycles. The Bertz CT molecular complexity index is 1140. The molecule has 0 unspecified atom stereocenters. The summed E-state index contributed by atoms with van der Waals surface area (Å²) in [6.45, 7) is 13.1. The van der Waals surface area contributed by atoms with Crippen LogP contribution >= 0.6 is 0 Å². The summed E-state index contributed by atoms with van der Waals surface area (Å²) in [5.41, 5.74) is -2.59. The van der Waals surface area contributed by atoms with Crippen molar-refractivity contribution < 1.29 is 55.4 Å². The van der Waals surface area contributed by atoms with Crippen LogP contribution in [0, 0.1) is 45.3 Å². The summed E-state index contributed by atoms with van der Waals surface area (Å²) in [7, 11) is 0. The second kappa shape index (κ2) is 12.3. The van der Waals surface area contributed by atoms with Crippen molar-refractivity contribution in [2.24, 2.45) is 45.3 Å². The average Bonchev–Trinajstić information content (AvgIpc) is 3.18. The fraction of sp³-hybridized carbons (Fsp3) is 0.943. The Morgan fingerprint density at radius 3 is 2.24 bits per heavy atom. The van der Waals surface area contributed by atoms with Crippen LogP contribution in [-0.4, -0.2) is 120 Å². The quantitative estimate of drug-likeness (QED) is 0.133. The molecule has 0 aromatic carbocycles. The first kappa shape index (κ1) is 36.6. The van der Waals surface area contributed by atoms with Crippen molar-refractivity contribution in [1.82, 2.24) is 0 Å². The Hall–Kier alpha value is -0.700. The smallest absolute Gasteiger partial charge is 0.186 e. The number of allylic oxidation sites excluding steroid dienone is 1. The molecule has 46 heavy (non-hydrogen) atoms. The second-order valence-corrected chi connectivity index (χ2v) is 17.3. The number of hydrogen-bond donors (Lipinski definition) is 9. The standard InChI is InChI=1S/C35H60O11/c1-17(12-20(38)29(43)32(4,5)44)25-21(39)14-34(7)26-18(8-10-33(25,34)6)35(16-36)11-9-24(31(2,3)23(35)13-19(26)37)46-30-28(42)27(41)22(40)15-45-30/h8,17,19-30,36-44H,9-16H2,1-7H3/t17-,19+,20+,21+,22-,23+,24+,25+,26+,27+,28-,29+,30+,33-,34+,35+/m1/s1. The molecule has 3 saturated carbocycles. The molecule has 0 bridgehead atoms. The van der Waals surface area contributed by atoms with Crippen LogP contribution in [0.25, 0.3) is 0 Å². The van der Waals surface area contributed by atoms with Crippen LogP contribution in [0.3, 0.4) is 0 Å². The number of hydrogen-bond acceptors (Lipinski definition) is 11. The molecule has 11 nitrogen and oxygen atoms in total. The van der Waals surface area contributed by atoms with Crippen LogP contribution in [-0.2, 0) is 9.47 Å². The monoisotopic (exact) mass is 656 g/mol. The van der Waals surface area contributed by atoms with Crippen molar-refractivity contribution in [2.75, 3.05) is 13.2 Å². The van der Waals surface area contributed by atoms with Gasteiger partial charge in [0.05, 0.1) is 43.2 Å². The molecule has 1 heterocycles. The molecule has 266 valence electrons. The molecule has 5 aliphatic rings. The van der Waals surface area contributed by atoms with E-state index in [-0.39, 0.29) is 43.3 Å². The van der Waals surface area contributed by atoms with E-state index >= 15 is 0 Å². The summed E-state index contributed by atoms with van der Waals surface area (Å²) >= 11 is 0. The summed E-state index contributed by atoms with van der Waals surface area (Å²) in [4.78, 5) is 0. The summed E-state index contributed by atoms with van der Waals surface area (Å²) in [6, 6.07) is 0. The van der Waals surface area contributed by atoms with E-state index in [2.05, 4.69) is 33.8 Å². The first-order valence-corrected chi connectivity index (χ1v) is 17.2. The highest BCUT2D eigenvalue weighted by molar-refractivity contribution is 5.36. The van der Waals surface area contributed by atoms with Gasteiger partial charge in [-0.15, -0.1) is 0 Å². The lowest BCUT2D eigenvalue weighted by molar-refractivity contribution is -0.304. The molecule has 4 aliphatic carbocycles. The van der Waals surface area contributed by atoms with Gasteiger partial charge in [0, 0.05) is 11.3 Å². The van der Waals surface area contributed by atoms with E-state index in [0.29, 0.717) is 32.1 Å². The van der Waals surface area contributed by atoms with Gasteiger partial charge in [0.25, 0.3) is 0 Å². The fourth-order valence-electron chi connectivity index (χ4n) is 11.2. The highest BCUT2D eigenvalue weighted by Gasteiger charge is 2.70. The lowest BCUT2D eigenvalue weighted by Gasteiger charge is -2.66. The van der Waals surface area contributed by atoms with E-state index in [0.717, 1.165) is 5.57 Å². The third-order valence-electron chi connectivity index (χ3n) is 13.9. The van der Waals surface area contributed by atoms with Gasteiger partial charge in [-0.05, 0) is 86.4 Å². The van der Waals surface area contributed by atoms with Crippen LogP contribution in [0.1, 0.15) is 87.0 Å². The number of ether oxygens (including phenoxy) is 2. The molecular formula is C35H60O11. The van der Waals surface area contributed by atoms with Crippen molar-refractivity contribution in [1.29, 1.82) is 0 Å². The normalized spacial score (nSPS) is 49.3. The molecule has 1 aliphatic heterocycles. The van der Waals surface area contributed by atoms with Gasteiger partial charge in [-0.25, -0.2) is 0 Å². The summed E-state index contributed by atoms with van der Waals surface area (Å²) in [5, 5.41) is 97.3. The molecule has 0 aromatic rings. The van der Waals surface area contributed by atoms with Crippen molar-refractivity contribution in [3.05, 3.63) is 11.6 Å². The van der Waals surface area contributed by atoms with E-state index in [9.17, 15) is 46.0 Å². The third kappa shape index (κ3) is 5.44. The first-order chi connectivity index (χ1) is 21.2. The minimum absolute atomic E-state index is 0.105. The maximum atomic E-state index is 12.1. The van der Waals surface area contributed by atoms with Gasteiger partial charge in [0.1, 0.15) is 24.4 Å². The zero-order valence-electron chi connectivity index (χ0n) is 28.6. The molecule has 9 N–H and O–H groups in total. The van der Waals surface area contributed by atoms with E-state index < -0.39 is 82.4 Å². The molecule has 0 radical (unpaired) electrons. The van der Waals surface area contributed by atoms with E-state index in [1.807, 2.05) is 6.92 Å². The number of aliphatic hydroxyl groups excluding tert-OH is 8. The van der Waals surface area contributed by atoms with Gasteiger partial charge in [0.2, 0.25) is 0 Å². The largest absolute Gasteiger partial charge is 0.395 e. The van der Waals surface area contributed by atoms with E-state index in [1.54, 1.807) is 0 Å². The summed E-state index contributed by atoms with van der Waals surface area (Å²) in [5.74, 6) is -0.898. The number of fused-ring (bicyclic) bond motifs is 5. The Morgan fingerprint density at radius 1 is 0.978 bits per heavy atom. The lowest BCUT2D eigenvalue weighted by Crippen LogP contribution is -2.64. The van der Waals surface area contributed by atoms with E-state index in [1.165, 1.54) is 13.8 Å². The van der Waals surface area contributed by atoms with Crippen molar-refractivity contribution >= 4 is 0 Å². The minimum atomic E-state index is -1.47. The SMILES string of the molecule is C[C@H](C[C@H](O)[C@H](O)C(C)(C)O)[C@H]1[C@@H](O)C[C@@]2(C)[C@H]3C(=CC[C@]12C)[C@@]1(CO)CC[C@H](O[C@@H]2OC[C@@H](O)[C@H](O)[C@H]2O)C(C)(C)[C@@H]1C[C@@H]3O. The predicted molar refractivity (Wildman–Crippen MR) is 168 cm³/mol. The molecule has 1 saturated heterocycles. The highest BCUT2D eigenvalue weighted by atomic mass is 16.7. The topological polar surface area (TPSA) is 201 Å². The Kier molecular flexibility index (Phi) is 9.75. The van der Waals surface area contributed by atoms with Gasteiger partial charge in [0.15, 0.2) is 6.29 Å². The summed E-state index contributed by atoms with van der Waals surface area (Å²) < 4.78 is 11.9. The Balaban J connectivity index is 1.43. The van der Waals surface area contributed by atoms with Crippen molar-refractivity contribution in [3.63, 3.8) is 0 Å². The molecular weight excluding hydrogens is 596 g/mol. The van der Waals surface area contributed by atoms with E-state index in [4.69, 9.17) is 9.47 Å². The van der Waals surface area contributed by atoms with Gasteiger partial charge < -0.3 is 55.4 Å². The van der Waals surface area contributed by atoms with Crippen molar-refractivity contribution in [3.8, 4) is 0 Å². The maximum absolute atomic E-state index is 12.1. The van der Waals surface area contributed by atoms with Crippen LogP contribution in [0.5, 0.6) is 0 Å². The molecule has 16 atom stereocenters. The zero-order valence-corrected chi connectivity index (χ0v) is 28.6.